The molecule has 1 heterocycles. The maximum Gasteiger partial charge on any atom is 0.223 e. The van der Waals surface area contributed by atoms with Gasteiger partial charge in [0.2, 0.25) is 5.91 Å². The van der Waals surface area contributed by atoms with Crippen LogP contribution in [0.25, 0.3) is 0 Å². The van der Waals surface area contributed by atoms with Gasteiger partial charge < -0.3 is 5.32 Å². The Bertz CT molecular complexity index is 224. The molecule has 1 atom stereocenters. The van der Waals surface area contributed by atoms with Gasteiger partial charge in [-0.05, 0) is 30.4 Å². The summed E-state index contributed by atoms with van der Waals surface area (Å²) in [6.45, 7) is 0.873. The molecule has 0 bridgehead atoms. The number of carbonyl (C=O) groups excluding carboxylic acids is 1. The number of hydrogen-bond donors (Lipinski definition) is 1. The van der Waals surface area contributed by atoms with Crippen LogP contribution in [0.15, 0.2) is 0 Å². The number of alkyl halides is 1. The Balaban J connectivity index is 1.72. The molecule has 4 heteroatoms. The Kier molecular flexibility index (Phi) is 3.42. The van der Waals surface area contributed by atoms with Crippen LogP contribution in [0.3, 0.4) is 0 Å². The normalized spacial score (nSPS) is 28.8. The van der Waals surface area contributed by atoms with Crippen LogP contribution in [0.4, 0.5) is 0 Å². The summed E-state index contributed by atoms with van der Waals surface area (Å²) < 4.78 is 0. The molecule has 1 saturated heterocycles. The van der Waals surface area contributed by atoms with Crippen LogP contribution in [0.2, 0.25) is 0 Å². The third-order valence-corrected chi connectivity index (χ3v) is 5.53. The smallest absolute Gasteiger partial charge is 0.223 e. The Morgan fingerprint density at radius 1 is 1.57 bits per heavy atom. The van der Waals surface area contributed by atoms with Crippen molar-refractivity contribution in [3.63, 3.8) is 0 Å². The van der Waals surface area contributed by atoms with Crippen molar-refractivity contribution in [1.82, 2.24) is 5.32 Å². The Labute approximate surface area is 97.7 Å². The number of halogens is 1. The van der Waals surface area contributed by atoms with Crippen molar-refractivity contribution < 1.29 is 4.79 Å². The minimum Gasteiger partial charge on any atom is -0.355 e. The van der Waals surface area contributed by atoms with E-state index in [1.165, 1.54) is 12.8 Å². The van der Waals surface area contributed by atoms with Crippen LogP contribution in [-0.2, 0) is 4.79 Å². The van der Waals surface area contributed by atoms with Crippen LogP contribution >= 0.6 is 27.7 Å². The highest BCUT2D eigenvalue weighted by Gasteiger charge is 2.41. The first-order valence-electron chi connectivity index (χ1n) is 5.17. The molecule has 1 amide bonds. The molecule has 1 aliphatic heterocycles. The van der Waals surface area contributed by atoms with Gasteiger partial charge in [-0.2, -0.15) is 11.8 Å². The van der Waals surface area contributed by atoms with Gasteiger partial charge in [0.1, 0.15) is 0 Å². The van der Waals surface area contributed by atoms with Gasteiger partial charge in [0.25, 0.3) is 0 Å². The Morgan fingerprint density at radius 3 is 2.86 bits per heavy atom. The molecule has 0 aromatic carbocycles. The fraction of sp³-hybridized carbons (Fsp3) is 0.900. The van der Waals surface area contributed by atoms with E-state index in [-0.39, 0.29) is 11.8 Å². The van der Waals surface area contributed by atoms with Gasteiger partial charge in [0, 0.05) is 23.5 Å². The minimum absolute atomic E-state index is 0.280. The number of amides is 1. The van der Waals surface area contributed by atoms with Crippen LogP contribution < -0.4 is 5.32 Å². The topological polar surface area (TPSA) is 29.1 Å². The van der Waals surface area contributed by atoms with Crippen molar-refractivity contribution >= 4 is 33.6 Å². The van der Waals surface area contributed by atoms with E-state index in [0.29, 0.717) is 5.41 Å². The first-order chi connectivity index (χ1) is 6.76. The van der Waals surface area contributed by atoms with E-state index < -0.39 is 0 Å². The Hall–Kier alpha value is 0.300. The second-order valence-electron chi connectivity index (χ2n) is 4.41. The van der Waals surface area contributed by atoms with Gasteiger partial charge in [-0.25, -0.2) is 0 Å². The van der Waals surface area contributed by atoms with E-state index in [4.69, 9.17) is 0 Å². The van der Waals surface area contributed by atoms with E-state index >= 15 is 0 Å². The summed E-state index contributed by atoms with van der Waals surface area (Å²) in [4.78, 5) is 11.7. The van der Waals surface area contributed by atoms with Gasteiger partial charge in [-0.15, -0.1) is 0 Å². The van der Waals surface area contributed by atoms with Crippen LogP contribution in [0.5, 0.6) is 0 Å². The maximum atomic E-state index is 11.7. The average Bonchev–Trinajstić information content (AvgIpc) is 2.78. The summed E-state index contributed by atoms with van der Waals surface area (Å²) in [6, 6.07) is 0. The Morgan fingerprint density at radius 2 is 2.36 bits per heavy atom. The number of thioether (sulfide) groups is 1. The van der Waals surface area contributed by atoms with Gasteiger partial charge >= 0.3 is 0 Å². The van der Waals surface area contributed by atoms with Gasteiger partial charge in [-0.1, -0.05) is 15.9 Å². The second-order valence-corrected chi connectivity index (χ2v) is 6.12. The number of rotatable bonds is 4. The summed E-state index contributed by atoms with van der Waals surface area (Å²) >= 11 is 5.41. The largest absolute Gasteiger partial charge is 0.355 e. The van der Waals surface area contributed by atoms with Crippen molar-refractivity contribution in [2.75, 3.05) is 23.4 Å². The highest BCUT2D eigenvalue weighted by molar-refractivity contribution is 9.09. The average molecular weight is 278 g/mol. The zero-order chi connectivity index (χ0) is 10.0. The van der Waals surface area contributed by atoms with Gasteiger partial charge in [0.15, 0.2) is 0 Å². The quantitative estimate of drug-likeness (QED) is 0.797. The molecule has 0 aromatic heterocycles. The van der Waals surface area contributed by atoms with E-state index in [0.717, 1.165) is 29.8 Å². The van der Waals surface area contributed by atoms with Gasteiger partial charge in [0.05, 0.1) is 0 Å². The number of carbonyl (C=O) groups is 1. The molecule has 2 fully saturated rings. The van der Waals surface area contributed by atoms with Crippen molar-refractivity contribution in [1.29, 1.82) is 0 Å². The highest BCUT2D eigenvalue weighted by atomic mass is 79.9. The molecule has 0 spiro atoms. The molecule has 0 aromatic rings. The third kappa shape index (κ3) is 2.45. The monoisotopic (exact) mass is 277 g/mol. The lowest BCUT2D eigenvalue weighted by Gasteiger charge is -2.14. The summed E-state index contributed by atoms with van der Waals surface area (Å²) in [6.07, 6.45) is 3.59. The SMILES string of the molecule is O=C(NCC1(CBr)CC1)C1CCSC1. The zero-order valence-corrected chi connectivity index (χ0v) is 10.6. The molecule has 1 N–H and O–H groups in total. The molecule has 0 radical (unpaired) electrons. The molecule has 1 unspecified atom stereocenters. The molecule has 80 valence electrons. The van der Waals surface area contributed by atoms with Crippen molar-refractivity contribution in [3.05, 3.63) is 0 Å². The van der Waals surface area contributed by atoms with Crippen molar-refractivity contribution in [2.24, 2.45) is 11.3 Å². The molecule has 2 aliphatic rings. The second kappa shape index (κ2) is 4.44. The van der Waals surface area contributed by atoms with E-state index in [2.05, 4.69) is 21.2 Å². The highest BCUT2D eigenvalue weighted by Crippen LogP contribution is 2.46. The predicted molar refractivity (Wildman–Crippen MR) is 63.9 cm³/mol. The first kappa shape index (κ1) is 10.8. The lowest BCUT2D eigenvalue weighted by atomic mass is 10.1. The van der Waals surface area contributed by atoms with Crippen LogP contribution in [0, 0.1) is 11.3 Å². The molecular weight excluding hydrogens is 262 g/mol. The summed E-state index contributed by atoms with van der Waals surface area (Å²) in [5.41, 5.74) is 0.404. The van der Waals surface area contributed by atoms with E-state index in [1.807, 2.05) is 11.8 Å². The summed E-state index contributed by atoms with van der Waals surface area (Å²) in [5, 5.41) is 4.12. The fourth-order valence-corrected chi connectivity index (χ4v) is 3.67. The maximum absolute atomic E-state index is 11.7. The molecule has 14 heavy (non-hydrogen) atoms. The number of hydrogen-bond acceptors (Lipinski definition) is 2. The van der Waals surface area contributed by atoms with E-state index in [1.54, 1.807) is 0 Å². The lowest BCUT2D eigenvalue weighted by Crippen LogP contribution is -2.35. The lowest BCUT2D eigenvalue weighted by molar-refractivity contribution is -0.124. The molecular formula is C10H16BrNOS. The molecule has 2 rings (SSSR count). The predicted octanol–water partition coefficient (Wildman–Crippen LogP) is 2.03. The summed E-state index contributed by atoms with van der Waals surface area (Å²) in [7, 11) is 0. The summed E-state index contributed by atoms with van der Waals surface area (Å²) in [5.74, 6) is 2.74. The standard InChI is InChI=1S/C10H16BrNOS/c11-6-10(2-3-10)7-12-9(13)8-1-4-14-5-8/h8H,1-7H2,(H,12,13). The molecule has 2 nitrogen and oxygen atoms in total. The van der Waals surface area contributed by atoms with Crippen molar-refractivity contribution in [3.8, 4) is 0 Å². The van der Waals surface area contributed by atoms with E-state index in [9.17, 15) is 4.79 Å². The minimum atomic E-state index is 0.280. The van der Waals surface area contributed by atoms with Crippen LogP contribution in [0.1, 0.15) is 19.3 Å². The van der Waals surface area contributed by atoms with Crippen molar-refractivity contribution in [2.45, 2.75) is 19.3 Å². The van der Waals surface area contributed by atoms with Crippen LogP contribution in [-0.4, -0.2) is 29.3 Å². The fourth-order valence-electron chi connectivity index (χ4n) is 1.69. The first-order valence-corrected chi connectivity index (χ1v) is 7.45. The number of nitrogens with one attached hydrogen (secondary N) is 1. The zero-order valence-electron chi connectivity index (χ0n) is 8.22. The molecule has 1 aliphatic carbocycles. The van der Waals surface area contributed by atoms with Gasteiger partial charge in [-0.3, -0.25) is 4.79 Å². The third-order valence-electron chi connectivity index (χ3n) is 3.18. The molecule has 1 saturated carbocycles.